The highest BCUT2D eigenvalue weighted by molar-refractivity contribution is 4.92. The number of rotatable bonds is 7. The van der Waals surface area contributed by atoms with Gasteiger partial charge in [0.2, 0.25) is 0 Å². The molecule has 0 aliphatic carbocycles. The van der Waals surface area contributed by atoms with Crippen LogP contribution in [0.4, 0.5) is 0 Å². The number of hydrogen-bond acceptors (Lipinski definition) is 6. The molecule has 1 aromatic rings. The fourth-order valence-corrected chi connectivity index (χ4v) is 2.64. The van der Waals surface area contributed by atoms with Gasteiger partial charge in [0.25, 0.3) is 0 Å². The maximum absolute atomic E-state index is 5.42. The minimum atomic E-state index is 0.113. The van der Waals surface area contributed by atoms with E-state index in [1.165, 1.54) is 0 Å². The standard InChI is InChI=1S/C13H25N5O2/c1-10(14-6-9-19-3)13-15-16-17-18(13)11(2)12-4-7-20-8-5-12/h10-12,14H,4-9H2,1-3H3. The monoisotopic (exact) mass is 283 g/mol. The maximum Gasteiger partial charge on any atom is 0.168 e. The number of ether oxygens (including phenoxy) is 2. The van der Waals surface area contributed by atoms with Crippen molar-refractivity contribution >= 4 is 0 Å². The first kappa shape index (κ1) is 15.3. The van der Waals surface area contributed by atoms with Crippen LogP contribution >= 0.6 is 0 Å². The van der Waals surface area contributed by atoms with Crippen LogP contribution in [0.25, 0.3) is 0 Å². The summed E-state index contributed by atoms with van der Waals surface area (Å²) in [5, 5.41) is 15.6. The first-order chi connectivity index (χ1) is 9.74. The lowest BCUT2D eigenvalue weighted by atomic mass is 9.93. The molecule has 1 N–H and O–H groups in total. The predicted octanol–water partition coefficient (Wildman–Crippen LogP) is 0.958. The molecule has 2 atom stereocenters. The van der Waals surface area contributed by atoms with Gasteiger partial charge in [0.15, 0.2) is 5.82 Å². The molecule has 2 rings (SSSR count). The summed E-state index contributed by atoms with van der Waals surface area (Å²) < 4.78 is 12.4. The summed E-state index contributed by atoms with van der Waals surface area (Å²) >= 11 is 0. The van der Waals surface area contributed by atoms with E-state index >= 15 is 0 Å². The van der Waals surface area contributed by atoms with Crippen molar-refractivity contribution in [2.75, 3.05) is 33.5 Å². The van der Waals surface area contributed by atoms with Gasteiger partial charge in [0, 0.05) is 26.9 Å². The van der Waals surface area contributed by atoms with E-state index in [1.54, 1.807) is 7.11 Å². The van der Waals surface area contributed by atoms with E-state index in [1.807, 2.05) is 4.68 Å². The van der Waals surface area contributed by atoms with Crippen molar-refractivity contribution in [1.29, 1.82) is 0 Å². The summed E-state index contributed by atoms with van der Waals surface area (Å²) in [6.45, 7) is 7.42. The predicted molar refractivity (Wildman–Crippen MR) is 74.4 cm³/mol. The second-order valence-electron chi connectivity index (χ2n) is 5.34. The fourth-order valence-electron chi connectivity index (χ4n) is 2.64. The van der Waals surface area contributed by atoms with Gasteiger partial charge in [-0.05, 0) is 43.0 Å². The van der Waals surface area contributed by atoms with Crippen LogP contribution < -0.4 is 5.32 Å². The second-order valence-corrected chi connectivity index (χ2v) is 5.34. The molecule has 20 heavy (non-hydrogen) atoms. The van der Waals surface area contributed by atoms with Gasteiger partial charge in [-0.3, -0.25) is 0 Å². The number of tetrazole rings is 1. The lowest BCUT2D eigenvalue weighted by Crippen LogP contribution is -2.30. The van der Waals surface area contributed by atoms with Crippen molar-refractivity contribution in [2.45, 2.75) is 38.8 Å². The molecule has 0 radical (unpaired) electrons. The molecule has 1 aliphatic rings. The van der Waals surface area contributed by atoms with Gasteiger partial charge < -0.3 is 14.8 Å². The largest absolute Gasteiger partial charge is 0.383 e. The van der Waals surface area contributed by atoms with E-state index in [9.17, 15) is 0 Å². The van der Waals surface area contributed by atoms with Crippen molar-refractivity contribution in [2.24, 2.45) is 5.92 Å². The molecular weight excluding hydrogens is 258 g/mol. The molecule has 1 saturated heterocycles. The van der Waals surface area contributed by atoms with E-state index in [0.717, 1.165) is 38.4 Å². The van der Waals surface area contributed by atoms with Crippen LogP contribution in [-0.4, -0.2) is 53.7 Å². The Kier molecular flexibility index (Phi) is 5.87. The van der Waals surface area contributed by atoms with Gasteiger partial charge in [-0.2, -0.15) is 0 Å². The van der Waals surface area contributed by atoms with Crippen LogP contribution in [0, 0.1) is 5.92 Å². The van der Waals surface area contributed by atoms with Gasteiger partial charge in [-0.15, -0.1) is 5.10 Å². The molecule has 7 heteroatoms. The van der Waals surface area contributed by atoms with Gasteiger partial charge >= 0.3 is 0 Å². The average molecular weight is 283 g/mol. The van der Waals surface area contributed by atoms with Crippen LogP contribution in [0.3, 0.4) is 0 Å². The molecule has 0 bridgehead atoms. The maximum atomic E-state index is 5.42. The third-order valence-electron chi connectivity index (χ3n) is 4.00. The normalized spacial score (nSPS) is 19.9. The van der Waals surface area contributed by atoms with Gasteiger partial charge in [-0.1, -0.05) is 0 Å². The molecular formula is C13H25N5O2. The molecule has 1 fully saturated rings. The highest BCUT2D eigenvalue weighted by atomic mass is 16.5. The Bertz CT molecular complexity index is 392. The van der Waals surface area contributed by atoms with Gasteiger partial charge in [0.05, 0.1) is 18.7 Å². The Hall–Kier alpha value is -1.05. The molecule has 0 aromatic carbocycles. The Morgan fingerprint density at radius 1 is 1.40 bits per heavy atom. The van der Waals surface area contributed by atoms with Crippen molar-refractivity contribution in [3.63, 3.8) is 0 Å². The molecule has 0 saturated carbocycles. The number of aromatic nitrogens is 4. The number of hydrogen-bond donors (Lipinski definition) is 1. The number of methoxy groups -OCH3 is 1. The van der Waals surface area contributed by atoms with E-state index in [0.29, 0.717) is 18.6 Å². The van der Waals surface area contributed by atoms with Crippen LogP contribution in [-0.2, 0) is 9.47 Å². The summed E-state index contributed by atoms with van der Waals surface area (Å²) in [7, 11) is 1.70. The Morgan fingerprint density at radius 3 is 2.85 bits per heavy atom. The molecule has 7 nitrogen and oxygen atoms in total. The Morgan fingerprint density at radius 2 is 2.15 bits per heavy atom. The molecule has 0 amide bonds. The molecule has 114 valence electrons. The van der Waals surface area contributed by atoms with Gasteiger partial charge in [-0.25, -0.2) is 4.68 Å². The lowest BCUT2D eigenvalue weighted by Gasteiger charge is -2.28. The average Bonchev–Trinajstić information content (AvgIpc) is 2.97. The summed E-state index contributed by atoms with van der Waals surface area (Å²) in [5.74, 6) is 1.47. The van der Waals surface area contributed by atoms with Crippen LogP contribution in [0.5, 0.6) is 0 Å². The molecule has 2 unspecified atom stereocenters. The lowest BCUT2D eigenvalue weighted by molar-refractivity contribution is 0.0485. The summed E-state index contributed by atoms with van der Waals surface area (Å²) in [5.41, 5.74) is 0. The van der Waals surface area contributed by atoms with Crippen molar-refractivity contribution in [3.8, 4) is 0 Å². The minimum absolute atomic E-state index is 0.113. The highest BCUT2D eigenvalue weighted by Gasteiger charge is 2.26. The zero-order valence-corrected chi connectivity index (χ0v) is 12.6. The quantitative estimate of drug-likeness (QED) is 0.751. The third-order valence-corrected chi connectivity index (χ3v) is 4.00. The van der Waals surface area contributed by atoms with Crippen LogP contribution in [0.1, 0.15) is 44.6 Å². The van der Waals surface area contributed by atoms with Crippen LogP contribution in [0.2, 0.25) is 0 Å². The zero-order valence-electron chi connectivity index (χ0n) is 12.6. The third kappa shape index (κ3) is 3.74. The van der Waals surface area contributed by atoms with Crippen molar-refractivity contribution in [3.05, 3.63) is 5.82 Å². The highest BCUT2D eigenvalue weighted by Crippen LogP contribution is 2.28. The molecule has 0 spiro atoms. The second kappa shape index (κ2) is 7.66. The van der Waals surface area contributed by atoms with Crippen molar-refractivity contribution in [1.82, 2.24) is 25.5 Å². The Balaban J connectivity index is 1.99. The Labute approximate surface area is 120 Å². The SMILES string of the molecule is COCCNC(C)c1nnnn1C(C)C1CCOCC1. The number of nitrogens with one attached hydrogen (secondary N) is 1. The first-order valence-corrected chi connectivity index (χ1v) is 7.32. The minimum Gasteiger partial charge on any atom is -0.383 e. The van der Waals surface area contributed by atoms with E-state index < -0.39 is 0 Å². The molecule has 2 heterocycles. The van der Waals surface area contributed by atoms with E-state index in [-0.39, 0.29) is 6.04 Å². The zero-order chi connectivity index (χ0) is 14.4. The molecule has 1 aromatic heterocycles. The smallest absolute Gasteiger partial charge is 0.168 e. The first-order valence-electron chi connectivity index (χ1n) is 7.32. The van der Waals surface area contributed by atoms with Crippen LogP contribution in [0.15, 0.2) is 0 Å². The number of nitrogens with zero attached hydrogens (tertiary/aromatic N) is 4. The molecule has 1 aliphatic heterocycles. The van der Waals surface area contributed by atoms with E-state index in [4.69, 9.17) is 9.47 Å². The van der Waals surface area contributed by atoms with E-state index in [2.05, 4.69) is 34.7 Å². The fraction of sp³-hybridized carbons (Fsp3) is 0.923. The van der Waals surface area contributed by atoms with Crippen molar-refractivity contribution < 1.29 is 9.47 Å². The topological polar surface area (TPSA) is 74.1 Å². The summed E-state index contributed by atoms with van der Waals surface area (Å²) in [6, 6.07) is 0.415. The summed E-state index contributed by atoms with van der Waals surface area (Å²) in [6.07, 6.45) is 2.15. The van der Waals surface area contributed by atoms with Gasteiger partial charge in [0.1, 0.15) is 0 Å². The summed E-state index contributed by atoms with van der Waals surface area (Å²) in [4.78, 5) is 0.